The first-order valence-corrected chi connectivity index (χ1v) is 8.34. The zero-order valence-corrected chi connectivity index (χ0v) is 15.1. The van der Waals surface area contributed by atoms with Crippen LogP contribution in [0, 0.1) is 6.92 Å². The van der Waals surface area contributed by atoms with E-state index in [2.05, 4.69) is 24.5 Å². The van der Waals surface area contributed by atoms with Gasteiger partial charge in [0.1, 0.15) is 5.75 Å². The zero-order chi connectivity index (χ0) is 17.7. The summed E-state index contributed by atoms with van der Waals surface area (Å²) in [4.78, 5) is 12.1. The summed E-state index contributed by atoms with van der Waals surface area (Å²) in [6, 6.07) is 12.8. The van der Waals surface area contributed by atoms with Gasteiger partial charge in [-0.1, -0.05) is 43.6 Å². The van der Waals surface area contributed by atoms with Crippen LogP contribution in [0.5, 0.6) is 5.75 Å². The van der Waals surface area contributed by atoms with Crippen LogP contribution in [0.2, 0.25) is 5.02 Å². The van der Waals surface area contributed by atoms with Gasteiger partial charge in [-0.2, -0.15) is 0 Å². The van der Waals surface area contributed by atoms with Crippen molar-refractivity contribution < 1.29 is 9.53 Å². The van der Waals surface area contributed by atoms with Gasteiger partial charge in [-0.25, -0.2) is 4.79 Å². The lowest BCUT2D eigenvalue weighted by molar-refractivity contribution is 0.181. The number of carbonyl (C=O) groups excluding carboxylic acids is 1. The number of anilines is 1. The molecular weight excluding hydrogens is 324 g/mol. The predicted octanol–water partition coefficient (Wildman–Crippen LogP) is 5.32. The van der Waals surface area contributed by atoms with Crippen molar-refractivity contribution in [2.24, 2.45) is 0 Å². The highest BCUT2D eigenvalue weighted by atomic mass is 35.5. The molecule has 0 aromatic heterocycles. The number of ether oxygens (including phenoxy) is 1. The first kappa shape index (κ1) is 18.1. The number of urea groups is 1. The van der Waals surface area contributed by atoms with E-state index in [1.54, 1.807) is 25.1 Å². The van der Waals surface area contributed by atoms with E-state index in [-0.39, 0.29) is 6.03 Å². The molecule has 5 heteroatoms. The number of nitrogens with one attached hydrogen (secondary N) is 2. The molecule has 2 rings (SSSR count). The van der Waals surface area contributed by atoms with Crippen molar-refractivity contribution >= 4 is 23.3 Å². The van der Waals surface area contributed by atoms with Crippen LogP contribution in [-0.2, 0) is 0 Å². The van der Waals surface area contributed by atoms with E-state index in [1.165, 1.54) is 0 Å². The summed E-state index contributed by atoms with van der Waals surface area (Å²) in [6.07, 6.45) is -0.461. The molecule has 1 atom stereocenters. The van der Waals surface area contributed by atoms with Gasteiger partial charge in [0.25, 0.3) is 0 Å². The minimum Gasteiger partial charge on any atom is -0.471 e. The highest BCUT2D eigenvalue weighted by Crippen LogP contribution is 2.26. The molecule has 0 bridgehead atoms. The Labute approximate surface area is 148 Å². The Morgan fingerprint density at radius 2 is 1.83 bits per heavy atom. The lowest BCUT2D eigenvalue weighted by Crippen LogP contribution is -2.39. The molecule has 0 aliphatic heterocycles. The molecule has 2 aromatic rings. The smallest absolute Gasteiger partial charge is 0.322 e. The van der Waals surface area contributed by atoms with E-state index in [4.69, 9.17) is 16.3 Å². The Morgan fingerprint density at radius 1 is 1.12 bits per heavy atom. The van der Waals surface area contributed by atoms with Gasteiger partial charge in [0.05, 0.1) is 0 Å². The number of hydrogen-bond donors (Lipinski definition) is 2. The second kappa shape index (κ2) is 8.06. The fraction of sp³-hybridized carbons (Fsp3) is 0.316. The highest BCUT2D eigenvalue weighted by molar-refractivity contribution is 6.30. The number of para-hydroxylation sites is 1. The fourth-order valence-electron chi connectivity index (χ4n) is 2.40. The predicted molar refractivity (Wildman–Crippen MR) is 99.0 cm³/mol. The molecule has 128 valence electrons. The Morgan fingerprint density at radius 3 is 2.50 bits per heavy atom. The zero-order valence-electron chi connectivity index (χ0n) is 14.4. The normalized spacial score (nSPS) is 11.9. The molecule has 0 heterocycles. The second-order valence-electron chi connectivity index (χ2n) is 6.01. The van der Waals surface area contributed by atoms with E-state index in [0.717, 1.165) is 16.9 Å². The highest BCUT2D eigenvalue weighted by Gasteiger charge is 2.13. The number of rotatable bonds is 5. The third kappa shape index (κ3) is 4.90. The average molecular weight is 347 g/mol. The summed E-state index contributed by atoms with van der Waals surface area (Å²) in [7, 11) is 0. The third-order valence-electron chi connectivity index (χ3n) is 3.62. The molecule has 24 heavy (non-hydrogen) atoms. The van der Waals surface area contributed by atoms with E-state index < -0.39 is 6.23 Å². The molecule has 0 aliphatic carbocycles. The van der Waals surface area contributed by atoms with Gasteiger partial charge < -0.3 is 15.4 Å². The molecule has 4 nitrogen and oxygen atoms in total. The molecule has 1 unspecified atom stereocenters. The van der Waals surface area contributed by atoms with Crippen molar-refractivity contribution in [3.05, 3.63) is 58.6 Å². The molecule has 0 saturated carbocycles. The van der Waals surface area contributed by atoms with E-state index >= 15 is 0 Å². The van der Waals surface area contributed by atoms with Crippen LogP contribution in [0.15, 0.2) is 42.5 Å². The third-order valence-corrected chi connectivity index (χ3v) is 3.85. The summed E-state index contributed by atoms with van der Waals surface area (Å²) >= 11 is 5.92. The van der Waals surface area contributed by atoms with Crippen LogP contribution in [0.3, 0.4) is 0 Å². The molecule has 2 N–H and O–H groups in total. The minimum atomic E-state index is -0.461. The molecule has 2 amide bonds. The molecule has 0 fully saturated rings. The number of benzene rings is 2. The summed E-state index contributed by atoms with van der Waals surface area (Å²) in [5, 5.41) is 6.22. The fourth-order valence-corrected chi connectivity index (χ4v) is 2.62. The van der Waals surface area contributed by atoms with Crippen LogP contribution in [0.25, 0.3) is 0 Å². The first-order chi connectivity index (χ1) is 11.4. The topological polar surface area (TPSA) is 50.4 Å². The summed E-state index contributed by atoms with van der Waals surface area (Å²) < 4.78 is 5.87. The summed E-state index contributed by atoms with van der Waals surface area (Å²) in [5.74, 6) is 1.13. The van der Waals surface area contributed by atoms with E-state index in [0.29, 0.717) is 16.6 Å². The quantitative estimate of drug-likeness (QED) is 0.720. The number of halogens is 1. The average Bonchev–Trinajstić information content (AvgIpc) is 2.50. The Hall–Kier alpha value is -2.20. The van der Waals surface area contributed by atoms with Gasteiger partial charge in [-0.15, -0.1) is 0 Å². The van der Waals surface area contributed by atoms with Crippen molar-refractivity contribution in [3.8, 4) is 5.75 Å². The number of amides is 2. The van der Waals surface area contributed by atoms with E-state index in [1.807, 2.05) is 31.2 Å². The Bertz CT molecular complexity index is 716. The first-order valence-electron chi connectivity index (χ1n) is 7.96. The van der Waals surface area contributed by atoms with Crippen LogP contribution >= 0.6 is 11.6 Å². The number of carbonyl (C=O) groups is 1. The van der Waals surface area contributed by atoms with Crippen LogP contribution in [-0.4, -0.2) is 12.3 Å². The van der Waals surface area contributed by atoms with Crippen LogP contribution in [0.4, 0.5) is 10.5 Å². The summed E-state index contributed by atoms with van der Waals surface area (Å²) in [5.41, 5.74) is 2.73. The van der Waals surface area contributed by atoms with Crippen LogP contribution < -0.4 is 15.4 Å². The van der Waals surface area contributed by atoms with Crippen molar-refractivity contribution in [1.29, 1.82) is 0 Å². The van der Waals surface area contributed by atoms with Gasteiger partial charge in [0.2, 0.25) is 0 Å². The molecular formula is C19H23ClN2O2. The Balaban J connectivity index is 1.97. The van der Waals surface area contributed by atoms with Gasteiger partial charge in [0.15, 0.2) is 6.23 Å². The van der Waals surface area contributed by atoms with E-state index in [9.17, 15) is 4.79 Å². The van der Waals surface area contributed by atoms with Crippen LogP contribution in [0.1, 0.15) is 37.8 Å². The molecule has 0 radical (unpaired) electrons. The number of aryl methyl sites for hydroxylation is 1. The van der Waals surface area contributed by atoms with Crippen molar-refractivity contribution in [2.45, 2.75) is 39.8 Å². The van der Waals surface area contributed by atoms with Gasteiger partial charge in [0, 0.05) is 10.7 Å². The van der Waals surface area contributed by atoms with Crippen molar-refractivity contribution in [1.82, 2.24) is 5.32 Å². The standard InChI is InChI=1S/C19H23ClN2O2/c1-12(2)16-7-5-6-8-18(16)24-14(4)21-19(23)22-17-10-9-15(20)11-13(17)3/h5-12,14H,1-4H3,(H2,21,22,23). The molecule has 0 aliphatic rings. The maximum atomic E-state index is 12.1. The maximum absolute atomic E-state index is 12.1. The maximum Gasteiger partial charge on any atom is 0.322 e. The monoisotopic (exact) mass is 346 g/mol. The molecule has 2 aromatic carbocycles. The van der Waals surface area contributed by atoms with Gasteiger partial charge in [-0.3, -0.25) is 0 Å². The summed E-state index contributed by atoms with van der Waals surface area (Å²) in [6.45, 7) is 7.90. The van der Waals surface area contributed by atoms with Crippen molar-refractivity contribution in [2.75, 3.05) is 5.32 Å². The Kier molecular flexibility index (Phi) is 6.10. The van der Waals surface area contributed by atoms with Gasteiger partial charge in [-0.05, 0) is 55.2 Å². The lowest BCUT2D eigenvalue weighted by atomic mass is 10.0. The molecule has 0 saturated heterocycles. The lowest BCUT2D eigenvalue weighted by Gasteiger charge is -2.20. The minimum absolute atomic E-state index is 0.324. The second-order valence-corrected chi connectivity index (χ2v) is 6.45. The molecule has 0 spiro atoms. The largest absolute Gasteiger partial charge is 0.471 e. The number of hydrogen-bond acceptors (Lipinski definition) is 2. The SMILES string of the molecule is Cc1cc(Cl)ccc1NC(=O)NC(C)Oc1ccccc1C(C)C. The van der Waals surface area contributed by atoms with Gasteiger partial charge >= 0.3 is 6.03 Å². The van der Waals surface area contributed by atoms with Crippen molar-refractivity contribution in [3.63, 3.8) is 0 Å².